The Morgan fingerprint density at radius 1 is 1.15 bits per heavy atom. The Kier molecular flexibility index (Phi) is 1.53. The third-order valence-corrected chi connectivity index (χ3v) is 1.94. The summed E-state index contributed by atoms with van der Waals surface area (Å²) >= 11 is 0. The summed E-state index contributed by atoms with van der Waals surface area (Å²) in [4.78, 5) is 0. The summed E-state index contributed by atoms with van der Waals surface area (Å²) in [5.41, 5.74) is 0.569. The lowest BCUT2D eigenvalue weighted by molar-refractivity contribution is -0.0431. The van der Waals surface area contributed by atoms with Gasteiger partial charge in [-0.05, 0) is 18.6 Å². The molecule has 1 aliphatic rings. The molecule has 1 aromatic rings. The van der Waals surface area contributed by atoms with E-state index in [2.05, 4.69) is 0 Å². The van der Waals surface area contributed by atoms with Crippen LogP contribution in [0.15, 0.2) is 12.1 Å². The Hall–Kier alpha value is -1.25. The molecule has 0 N–H and O–H groups in total. The minimum atomic E-state index is -0.678. The molecule has 0 atom stereocenters. The SMILES string of the molecule is Cc1cc2c(cc1F)OC(C)(C)O2. The molecule has 0 bridgehead atoms. The van der Waals surface area contributed by atoms with Crippen molar-refractivity contribution in [3.8, 4) is 11.5 Å². The Morgan fingerprint density at radius 3 is 2.31 bits per heavy atom. The first-order valence-electron chi connectivity index (χ1n) is 4.16. The highest BCUT2D eigenvalue weighted by molar-refractivity contribution is 5.46. The van der Waals surface area contributed by atoms with Gasteiger partial charge in [0.15, 0.2) is 11.5 Å². The van der Waals surface area contributed by atoms with Gasteiger partial charge in [0, 0.05) is 19.9 Å². The van der Waals surface area contributed by atoms with Crippen LogP contribution in [0.5, 0.6) is 11.5 Å². The van der Waals surface area contributed by atoms with Crippen molar-refractivity contribution >= 4 is 0 Å². The first-order valence-corrected chi connectivity index (χ1v) is 4.16. The Labute approximate surface area is 76.3 Å². The predicted molar refractivity (Wildman–Crippen MR) is 46.5 cm³/mol. The van der Waals surface area contributed by atoms with Gasteiger partial charge in [0.2, 0.25) is 5.79 Å². The number of halogens is 1. The van der Waals surface area contributed by atoms with Crippen LogP contribution in [0, 0.1) is 12.7 Å². The highest BCUT2D eigenvalue weighted by Crippen LogP contribution is 2.40. The third kappa shape index (κ3) is 1.34. The average molecular weight is 182 g/mol. The number of benzene rings is 1. The Bertz CT molecular complexity index is 325. The van der Waals surface area contributed by atoms with Gasteiger partial charge >= 0.3 is 0 Å². The molecule has 0 fully saturated rings. The molecule has 0 aliphatic carbocycles. The second-order valence-electron chi connectivity index (χ2n) is 3.65. The van der Waals surface area contributed by atoms with Crippen molar-refractivity contribution in [3.63, 3.8) is 0 Å². The maximum Gasteiger partial charge on any atom is 0.246 e. The smallest absolute Gasteiger partial charge is 0.246 e. The zero-order chi connectivity index (χ0) is 9.64. The fourth-order valence-electron chi connectivity index (χ4n) is 1.35. The second-order valence-corrected chi connectivity index (χ2v) is 3.65. The normalized spacial score (nSPS) is 17.5. The zero-order valence-corrected chi connectivity index (χ0v) is 7.85. The summed E-state index contributed by atoms with van der Waals surface area (Å²) in [7, 11) is 0. The number of hydrogen-bond acceptors (Lipinski definition) is 2. The van der Waals surface area contributed by atoms with E-state index in [1.807, 2.05) is 0 Å². The molecule has 13 heavy (non-hydrogen) atoms. The van der Waals surface area contributed by atoms with E-state index in [0.29, 0.717) is 17.1 Å². The summed E-state index contributed by atoms with van der Waals surface area (Å²) in [6.07, 6.45) is 0. The van der Waals surface area contributed by atoms with Crippen molar-refractivity contribution in [1.29, 1.82) is 0 Å². The van der Waals surface area contributed by atoms with Crippen molar-refractivity contribution in [2.24, 2.45) is 0 Å². The third-order valence-electron chi connectivity index (χ3n) is 1.94. The summed E-state index contributed by atoms with van der Waals surface area (Å²) in [6.45, 7) is 5.28. The first kappa shape index (κ1) is 8.35. The molecule has 0 saturated heterocycles. The van der Waals surface area contributed by atoms with Crippen molar-refractivity contribution in [2.75, 3.05) is 0 Å². The number of hydrogen-bond donors (Lipinski definition) is 0. The van der Waals surface area contributed by atoms with Gasteiger partial charge in [-0.1, -0.05) is 0 Å². The van der Waals surface area contributed by atoms with Gasteiger partial charge in [-0.15, -0.1) is 0 Å². The van der Waals surface area contributed by atoms with Gasteiger partial charge in [-0.25, -0.2) is 4.39 Å². The summed E-state index contributed by atoms with van der Waals surface area (Å²) < 4.78 is 23.9. The lowest BCUT2D eigenvalue weighted by Gasteiger charge is -2.16. The second kappa shape index (κ2) is 2.37. The van der Waals surface area contributed by atoms with E-state index in [1.54, 1.807) is 26.8 Å². The van der Waals surface area contributed by atoms with Crippen molar-refractivity contribution in [3.05, 3.63) is 23.5 Å². The highest BCUT2D eigenvalue weighted by Gasteiger charge is 2.32. The maximum absolute atomic E-state index is 13.1. The predicted octanol–water partition coefficient (Wildman–Crippen LogP) is 2.64. The van der Waals surface area contributed by atoms with E-state index >= 15 is 0 Å². The molecule has 0 saturated carbocycles. The molecule has 3 heteroatoms. The summed E-state index contributed by atoms with van der Waals surface area (Å²) in [6, 6.07) is 3.01. The monoisotopic (exact) mass is 182 g/mol. The van der Waals surface area contributed by atoms with E-state index in [1.165, 1.54) is 6.07 Å². The van der Waals surface area contributed by atoms with Gasteiger partial charge in [0.05, 0.1) is 0 Å². The van der Waals surface area contributed by atoms with Gasteiger partial charge in [-0.3, -0.25) is 0 Å². The lowest BCUT2D eigenvalue weighted by Crippen LogP contribution is -2.29. The summed E-state index contributed by atoms with van der Waals surface area (Å²) in [5.74, 6) is 0.153. The van der Waals surface area contributed by atoms with E-state index in [-0.39, 0.29) is 5.82 Å². The lowest BCUT2D eigenvalue weighted by atomic mass is 10.2. The van der Waals surface area contributed by atoms with Crippen LogP contribution in [0.25, 0.3) is 0 Å². The highest BCUT2D eigenvalue weighted by atomic mass is 19.1. The molecule has 2 rings (SSSR count). The zero-order valence-electron chi connectivity index (χ0n) is 7.85. The van der Waals surface area contributed by atoms with Gasteiger partial charge in [0.1, 0.15) is 5.82 Å². The molecule has 1 aromatic carbocycles. The van der Waals surface area contributed by atoms with Crippen LogP contribution in [-0.4, -0.2) is 5.79 Å². The van der Waals surface area contributed by atoms with Crippen LogP contribution in [0.4, 0.5) is 4.39 Å². The molecule has 0 aromatic heterocycles. The van der Waals surface area contributed by atoms with Crippen LogP contribution >= 0.6 is 0 Å². The van der Waals surface area contributed by atoms with Gasteiger partial charge < -0.3 is 9.47 Å². The van der Waals surface area contributed by atoms with Crippen LogP contribution in [0.2, 0.25) is 0 Å². The molecular weight excluding hydrogens is 171 g/mol. The molecule has 1 aliphatic heterocycles. The van der Waals surface area contributed by atoms with E-state index < -0.39 is 5.79 Å². The molecule has 0 spiro atoms. The summed E-state index contributed by atoms with van der Waals surface area (Å²) in [5, 5.41) is 0. The van der Waals surface area contributed by atoms with Crippen LogP contribution < -0.4 is 9.47 Å². The first-order chi connectivity index (χ1) is 5.98. The number of aryl methyl sites for hydroxylation is 1. The van der Waals surface area contributed by atoms with Crippen LogP contribution in [-0.2, 0) is 0 Å². The largest absolute Gasteiger partial charge is 0.449 e. The van der Waals surface area contributed by atoms with Crippen LogP contribution in [0.1, 0.15) is 19.4 Å². The van der Waals surface area contributed by atoms with E-state index in [9.17, 15) is 4.39 Å². The number of rotatable bonds is 0. The van der Waals surface area contributed by atoms with Crippen molar-refractivity contribution < 1.29 is 13.9 Å². The molecule has 1 heterocycles. The Balaban J connectivity index is 2.48. The average Bonchev–Trinajstić information content (AvgIpc) is 2.24. The minimum Gasteiger partial charge on any atom is -0.449 e. The molecule has 2 nitrogen and oxygen atoms in total. The fourth-order valence-corrected chi connectivity index (χ4v) is 1.35. The fraction of sp³-hybridized carbons (Fsp3) is 0.400. The van der Waals surface area contributed by atoms with E-state index in [0.717, 1.165) is 0 Å². The molecular formula is C10H11FO2. The number of ether oxygens (including phenoxy) is 2. The molecule has 0 unspecified atom stereocenters. The van der Waals surface area contributed by atoms with Crippen molar-refractivity contribution in [1.82, 2.24) is 0 Å². The quantitative estimate of drug-likeness (QED) is 0.614. The Morgan fingerprint density at radius 2 is 1.69 bits per heavy atom. The van der Waals surface area contributed by atoms with Gasteiger partial charge in [0.25, 0.3) is 0 Å². The molecule has 70 valence electrons. The number of fused-ring (bicyclic) bond motifs is 1. The van der Waals surface area contributed by atoms with Gasteiger partial charge in [-0.2, -0.15) is 0 Å². The van der Waals surface area contributed by atoms with Crippen molar-refractivity contribution in [2.45, 2.75) is 26.6 Å². The van der Waals surface area contributed by atoms with Crippen LogP contribution in [0.3, 0.4) is 0 Å². The standard InChI is InChI=1S/C10H11FO2/c1-6-4-8-9(5-7(6)11)13-10(2,3)12-8/h4-5H,1-3H3. The maximum atomic E-state index is 13.1. The minimum absolute atomic E-state index is 0.264. The topological polar surface area (TPSA) is 18.5 Å². The molecule has 0 amide bonds. The van der Waals surface area contributed by atoms with E-state index in [4.69, 9.17) is 9.47 Å². The molecule has 0 radical (unpaired) electrons.